The number of carboxylic acid groups (broad SMARTS) is 2. The topological polar surface area (TPSA) is 145 Å². The van der Waals surface area contributed by atoms with Crippen LogP contribution in [0.5, 0.6) is 11.8 Å². The lowest BCUT2D eigenvalue weighted by molar-refractivity contribution is 0.00691. The first-order chi connectivity index (χ1) is 17.9. The number of hydrogen-bond donors (Lipinski definition) is 2. The van der Waals surface area contributed by atoms with Crippen LogP contribution in [0.15, 0.2) is 53.3 Å². The maximum absolute atomic E-state index is 12.1. The van der Waals surface area contributed by atoms with E-state index >= 15 is 0 Å². The van der Waals surface area contributed by atoms with Gasteiger partial charge < -0.3 is 24.4 Å². The molecule has 0 spiro atoms. The van der Waals surface area contributed by atoms with Gasteiger partial charge in [-0.3, -0.25) is 0 Å². The summed E-state index contributed by atoms with van der Waals surface area (Å²) in [4.78, 5) is 41.7. The van der Waals surface area contributed by atoms with Crippen molar-refractivity contribution in [3.8, 4) is 22.9 Å². The summed E-state index contributed by atoms with van der Waals surface area (Å²) >= 11 is 3.17. The fourth-order valence-corrected chi connectivity index (χ4v) is 3.40. The summed E-state index contributed by atoms with van der Waals surface area (Å²) in [6, 6.07) is 9.65. The van der Waals surface area contributed by atoms with Crippen LogP contribution in [0, 0.1) is 0 Å². The number of carbonyl (C=O) groups is 3. The van der Waals surface area contributed by atoms with Crippen LogP contribution >= 0.6 is 15.9 Å². The van der Waals surface area contributed by atoms with Gasteiger partial charge in [-0.05, 0) is 80.4 Å². The standard InChI is InChI=1S/C19H21NO5.C8H8BrNO3/c1-5-24-16-15(10-14(11-20-16)17(21)22)12-6-8-13(9-7-12)18(23)25-19(2,3)4;1-2-13-7-6(9)3-5(4-10-7)8(11)12/h6-11H,5H2,1-4H3,(H,21,22);3-4H,2H2,1H3,(H,11,12). The van der Waals surface area contributed by atoms with Crippen LogP contribution in [0.3, 0.4) is 0 Å². The molecule has 0 saturated heterocycles. The number of halogens is 1. The predicted molar refractivity (Wildman–Crippen MR) is 143 cm³/mol. The van der Waals surface area contributed by atoms with Gasteiger partial charge in [0.2, 0.25) is 11.8 Å². The Bertz CT molecular complexity index is 1290. The first kappa shape index (κ1) is 30.2. The van der Waals surface area contributed by atoms with Crippen LogP contribution < -0.4 is 9.47 Å². The number of rotatable bonds is 8. The number of aromatic nitrogens is 2. The van der Waals surface area contributed by atoms with E-state index in [1.165, 1.54) is 24.5 Å². The fraction of sp³-hybridized carbons (Fsp3) is 0.296. The van der Waals surface area contributed by atoms with Gasteiger partial charge in [0.05, 0.1) is 34.4 Å². The van der Waals surface area contributed by atoms with Crippen LogP contribution in [0.2, 0.25) is 0 Å². The summed E-state index contributed by atoms with van der Waals surface area (Å²) < 4.78 is 16.5. The van der Waals surface area contributed by atoms with Gasteiger partial charge in [0, 0.05) is 18.0 Å². The second-order valence-corrected chi connectivity index (χ2v) is 9.50. The molecule has 3 aromatic rings. The zero-order chi connectivity index (χ0) is 28.5. The van der Waals surface area contributed by atoms with Crippen molar-refractivity contribution in [1.82, 2.24) is 9.97 Å². The van der Waals surface area contributed by atoms with Crippen LogP contribution in [0.25, 0.3) is 11.1 Å². The predicted octanol–water partition coefficient (Wildman–Crippen LogP) is 5.74. The van der Waals surface area contributed by atoms with E-state index in [2.05, 4.69) is 25.9 Å². The fourth-order valence-electron chi connectivity index (χ4n) is 2.94. The number of aromatic carboxylic acids is 2. The van der Waals surface area contributed by atoms with Gasteiger partial charge in [-0.1, -0.05) is 12.1 Å². The number of pyridine rings is 2. The minimum absolute atomic E-state index is 0.0645. The lowest BCUT2D eigenvalue weighted by Crippen LogP contribution is -2.23. The highest BCUT2D eigenvalue weighted by Crippen LogP contribution is 2.30. The highest BCUT2D eigenvalue weighted by molar-refractivity contribution is 9.10. The smallest absolute Gasteiger partial charge is 0.338 e. The molecule has 10 nitrogen and oxygen atoms in total. The second kappa shape index (κ2) is 13.5. The van der Waals surface area contributed by atoms with Crippen molar-refractivity contribution in [2.24, 2.45) is 0 Å². The summed E-state index contributed by atoms with van der Waals surface area (Å²) in [7, 11) is 0. The normalized spacial score (nSPS) is 10.6. The highest BCUT2D eigenvalue weighted by Gasteiger charge is 2.18. The van der Waals surface area contributed by atoms with Crippen LogP contribution in [-0.2, 0) is 4.74 Å². The lowest BCUT2D eigenvalue weighted by atomic mass is 10.0. The molecule has 2 N–H and O–H groups in total. The minimum atomic E-state index is -1.07. The third kappa shape index (κ3) is 8.84. The molecule has 0 atom stereocenters. The van der Waals surface area contributed by atoms with E-state index < -0.39 is 23.5 Å². The average molecular weight is 589 g/mol. The quantitative estimate of drug-likeness (QED) is 0.312. The van der Waals surface area contributed by atoms with E-state index in [4.69, 9.17) is 24.4 Å². The summed E-state index contributed by atoms with van der Waals surface area (Å²) in [5, 5.41) is 17.8. The Hall–Kier alpha value is -3.99. The summed E-state index contributed by atoms with van der Waals surface area (Å²) in [6.45, 7) is 9.96. The molecule has 0 fully saturated rings. The van der Waals surface area contributed by atoms with Crippen molar-refractivity contribution in [3.05, 3.63) is 70.0 Å². The van der Waals surface area contributed by atoms with Gasteiger partial charge >= 0.3 is 17.9 Å². The van der Waals surface area contributed by atoms with E-state index in [9.17, 15) is 14.4 Å². The molecule has 3 rings (SSSR count). The van der Waals surface area contributed by atoms with E-state index in [0.717, 1.165) is 0 Å². The Morgan fingerprint density at radius 2 is 1.32 bits per heavy atom. The SMILES string of the molecule is CCOc1ncc(C(=O)O)cc1-c1ccc(C(=O)OC(C)(C)C)cc1.CCOc1ncc(C(=O)O)cc1Br. The Balaban J connectivity index is 0.000000328. The second-order valence-electron chi connectivity index (χ2n) is 8.64. The number of nitrogens with zero attached hydrogens (tertiary/aromatic N) is 2. The molecule has 0 unspecified atom stereocenters. The van der Waals surface area contributed by atoms with Gasteiger partial charge in [0.25, 0.3) is 0 Å². The Kier molecular flexibility index (Phi) is 10.8. The first-order valence-corrected chi connectivity index (χ1v) is 12.4. The molecule has 2 aromatic heterocycles. The molecule has 0 aliphatic carbocycles. The Morgan fingerprint density at radius 1 is 0.816 bits per heavy atom. The average Bonchev–Trinajstić information content (AvgIpc) is 2.85. The number of carbonyl (C=O) groups excluding carboxylic acids is 1. The zero-order valence-corrected chi connectivity index (χ0v) is 23.2. The summed E-state index contributed by atoms with van der Waals surface area (Å²) in [5.41, 5.74) is 1.30. The van der Waals surface area contributed by atoms with Crippen molar-refractivity contribution >= 4 is 33.8 Å². The van der Waals surface area contributed by atoms with Gasteiger partial charge in [-0.15, -0.1) is 0 Å². The van der Waals surface area contributed by atoms with E-state index in [-0.39, 0.29) is 11.1 Å². The molecule has 38 heavy (non-hydrogen) atoms. The lowest BCUT2D eigenvalue weighted by Gasteiger charge is -2.19. The molecule has 0 aliphatic heterocycles. The van der Waals surface area contributed by atoms with Crippen LogP contribution in [-0.4, -0.2) is 56.9 Å². The molecule has 0 saturated carbocycles. The summed E-state index contributed by atoms with van der Waals surface area (Å²) in [6.07, 6.45) is 2.52. The van der Waals surface area contributed by atoms with Gasteiger partial charge in [-0.25, -0.2) is 24.4 Å². The number of carboxylic acids is 2. The maximum Gasteiger partial charge on any atom is 0.338 e. The molecule has 0 amide bonds. The number of benzene rings is 1. The van der Waals surface area contributed by atoms with Crippen molar-refractivity contribution < 1.29 is 38.8 Å². The van der Waals surface area contributed by atoms with E-state index in [1.807, 2.05) is 13.8 Å². The first-order valence-electron chi connectivity index (χ1n) is 11.6. The Morgan fingerprint density at radius 3 is 1.79 bits per heavy atom. The molecule has 1 aromatic carbocycles. The minimum Gasteiger partial charge on any atom is -0.478 e. The van der Waals surface area contributed by atoms with Crippen molar-refractivity contribution in [2.75, 3.05) is 13.2 Å². The van der Waals surface area contributed by atoms with Gasteiger partial charge in [0.15, 0.2) is 0 Å². The molecule has 202 valence electrons. The van der Waals surface area contributed by atoms with Crippen LogP contribution in [0.4, 0.5) is 0 Å². The van der Waals surface area contributed by atoms with Crippen molar-refractivity contribution in [1.29, 1.82) is 0 Å². The maximum atomic E-state index is 12.1. The molecular formula is C27H29BrN2O8. The van der Waals surface area contributed by atoms with Crippen LogP contribution in [0.1, 0.15) is 65.7 Å². The highest BCUT2D eigenvalue weighted by atomic mass is 79.9. The van der Waals surface area contributed by atoms with Crippen molar-refractivity contribution in [3.63, 3.8) is 0 Å². The number of ether oxygens (including phenoxy) is 3. The third-order valence-electron chi connectivity index (χ3n) is 4.55. The van der Waals surface area contributed by atoms with E-state index in [1.54, 1.807) is 45.0 Å². The van der Waals surface area contributed by atoms with Crippen molar-refractivity contribution in [2.45, 2.75) is 40.2 Å². The number of esters is 1. The zero-order valence-electron chi connectivity index (χ0n) is 21.6. The third-order valence-corrected chi connectivity index (χ3v) is 5.11. The van der Waals surface area contributed by atoms with Gasteiger partial charge in [0.1, 0.15) is 5.60 Å². The number of hydrogen-bond acceptors (Lipinski definition) is 8. The monoisotopic (exact) mass is 588 g/mol. The molecule has 11 heteroatoms. The van der Waals surface area contributed by atoms with Gasteiger partial charge in [-0.2, -0.15) is 0 Å². The molecule has 0 aliphatic rings. The largest absolute Gasteiger partial charge is 0.478 e. The molecule has 2 heterocycles. The molecule has 0 radical (unpaired) electrons. The summed E-state index contributed by atoms with van der Waals surface area (Å²) in [5.74, 6) is -1.73. The van der Waals surface area contributed by atoms with E-state index in [0.29, 0.717) is 46.1 Å². The Labute approximate surface area is 228 Å². The molecular weight excluding hydrogens is 560 g/mol. The molecule has 0 bridgehead atoms.